The maximum absolute atomic E-state index is 10.6. The quantitative estimate of drug-likeness (QED) is 0.715. The van der Waals surface area contributed by atoms with Crippen molar-refractivity contribution >= 4 is 23.7 Å². The van der Waals surface area contributed by atoms with Crippen molar-refractivity contribution in [3.8, 4) is 0 Å². The molecule has 0 radical (unpaired) electrons. The van der Waals surface area contributed by atoms with Gasteiger partial charge in [-0.15, -0.1) is 0 Å². The Hall–Kier alpha value is -0.960. The van der Waals surface area contributed by atoms with E-state index >= 15 is 0 Å². The maximum Gasteiger partial charge on any atom is 0.150 e. The summed E-state index contributed by atoms with van der Waals surface area (Å²) >= 11 is 2.01. The number of benzene rings is 1. The van der Waals surface area contributed by atoms with E-state index in [1.165, 1.54) is 22.8 Å². The van der Waals surface area contributed by atoms with Crippen molar-refractivity contribution in [3.63, 3.8) is 0 Å². The molecule has 2 nitrogen and oxygen atoms in total. The molecule has 2 rings (SSSR count). The number of aldehydes is 1. The molecule has 0 atom stereocenters. The molecule has 1 aromatic carbocycles. The van der Waals surface area contributed by atoms with E-state index in [4.69, 9.17) is 0 Å². The van der Waals surface area contributed by atoms with Gasteiger partial charge in [0.15, 0.2) is 0 Å². The lowest BCUT2D eigenvalue weighted by Gasteiger charge is -2.29. The zero-order valence-electron chi connectivity index (χ0n) is 8.90. The second-order valence-corrected chi connectivity index (χ2v) is 4.99. The molecule has 1 saturated heterocycles. The highest BCUT2D eigenvalue weighted by Gasteiger charge is 2.12. The highest BCUT2D eigenvalue weighted by molar-refractivity contribution is 7.99. The van der Waals surface area contributed by atoms with Gasteiger partial charge in [-0.1, -0.05) is 0 Å². The number of hydrogen-bond acceptors (Lipinski definition) is 3. The summed E-state index contributed by atoms with van der Waals surface area (Å²) in [5.41, 5.74) is 3.25. The fraction of sp³-hybridized carbons (Fsp3) is 0.417. The average molecular weight is 221 g/mol. The second-order valence-electron chi connectivity index (χ2n) is 3.76. The van der Waals surface area contributed by atoms with Gasteiger partial charge in [-0.25, -0.2) is 0 Å². The molecule has 0 bridgehead atoms. The van der Waals surface area contributed by atoms with Crippen LogP contribution in [0.25, 0.3) is 0 Å². The molecule has 3 heteroatoms. The molecule has 0 aliphatic carbocycles. The fourth-order valence-corrected chi connectivity index (χ4v) is 2.81. The summed E-state index contributed by atoms with van der Waals surface area (Å²) in [6, 6.07) is 5.93. The fourth-order valence-electron chi connectivity index (χ4n) is 1.91. The van der Waals surface area contributed by atoms with Crippen LogP contribution in [0.15, 0.2) is 18.2 Å². The predicted molar refractivity (Wildman–Crippen MR) is 66.1 cm³/mol. The van der Waals surface area contributed by atoms with Gasteiger partial charge >= 0.3 is 0 Å². The van der Waals surface area contributed by atoms with Crippen LogP contribution in [-0.4, -0.2) is 30.9 Å². The van der Waals surface area contributed by atoms with Crippen LogP contribution in [0.4, 0.5) is 5.69 Å². The largest absolute Gasteiger partial charge is 0.370 e. The Labute approximate surface area is 94.7 Å². The van der Waals surface area contributed by atoms with Crippen LogP contribution in [0, 0.1) is 6.92 Å². The number of thioether (sulfide) groups is 1. The third kappa shape index (κ3) is 2.34. The van der Waals surface area contributed by atoms with Crippen molar-refractivity contribution in [2.45, 2.75) is 6.92 Å². The van der Waals surface area contributed by atoms with E-state index in [-0.39, 0.29) is 0 Å². The molecule has 1 heterocycles. The Kier molecular flexibility index (Phi) is 3.31. The molecular weight excluding hydrogens is 206 g/mol. The van der Waals surface area contributed by atoms with E-state index in [1.807, 2.05) is 23.9 Å². The van der Waals surface area contributed by atoms with Crippen LogP contribution in [0.2, 0.25) is 0 Å². The first-order valence-corrected chi connectivity index (χ1v) is 6.35. The summed E-state index contributed by atoms with van der Waals surface area (Å²) < 4.78 is 0. The second kappa shape index (κ2) is 4.71. The van der Waals surface area contributed by atoms with E-state index in [0.717, 1.165) is 24.9 Å². The smallest absolute Gasteiger partial charge is 0.150 e. The molecule has 1 aromatic rings. The van der Waals surface area contributed by atoms with Gasteiger partial charge in [0.25, 0.3) is 0 Å². The summed E-state index contributed by atoms with van der Waals surface area (Å²) in [6.45, 7) is 4.31. The molecule has 0 unspecified atom stereocenters. The Morgan fingerprint density at radius 1 is 1.33 bits per heavy atom. The van der Waals surface area contributed by atoms with E-state index in [9.17, 15) is 4.79 Å². The third-order valence-electron chi connectivity index (χ3n) is 2.71. The Morgan fingerprint density at radius 3 is 2.67 bits per heavy atom. The number of carbonyl (C=O) groups excluding carboxylic acids is 1. The lowest BCUT2D eigenvalue weighted by Crippen LogP contribution is -2.32. The van der Waals surface area contributed by atoms with Crippen LogP contribution in [0.5, 0.6) is 0 Å². The number of anilines is 1. The minimum Gasteiger partial charge on any atom is -0.370 e. The van der Waals surface area contributed by atoms with Gasteiger partial charge in [0.2, 0.25) is 0 Å². The van der Waals surface area contributed by atoms with E-state index in [1.54, 1.807) is 0 Å². The minimum absolute atomic E-state index is 0.766. The monoisotopic (exact) mass is 221 g/mol. The lowest BCUT2D eigenvalue weighted by atomic mass is 10.1. The Bertz CT molecular complexity index is 359. The van der Waals surface area contributed by atoms with Crippen molar-refractivity contribution in [3.05, 3.63) is 29.3 Å². The summed E-state index contributed by atoms with van der Waals surface area (Å²) in [4.78, 5) is 13.0. The number of nitrogens with zero attached hydrogens (tertiary/aromatic N) is 1. The maximum atomic E-state index is 10.6. The van der Waals surface area contributed by atoms with Crippen molar-refractivity contribution in [2.24, 2.45) is 0 Å². The summed E-state index contributed by atoms with van der Waals surface area (Å²) in [5, 5.41) is 0. The number of aryl methyl sites for hydroxylation is 1. The van der Waals surface area contributed by atoms with Gasteiger partial charge in [-0.2, -0.15) is 11.8 Å². The van der Waals surface area contributed by atoms with Crippen LogP contribution in [0.1, 0.15) is 15.9 Å². The summed E-state index contributed by atoms with van der Waals surface area (Å²) in [5.74, 6) is 2.41. The predicted octanol–water partition coefficient (Wildman–Crippen LogP) is 2.36. The summed E-state index contributed by atoms with van der Waals surface area (Å²) in [7, 11) is 0. The molecule has 80 valence electrons. The van der Waals surface area contributed by atoms with E-state index in [2.05, 4.69) is 17.9 Å². The molecule has 1 aliphatic heterocycles. The molecule has 0 saturated carbocycles. The third-order valence-corrected chi connectivity index (χ3v) is 3.65. The standard InChI is InChI=1S/C12H15NOS/c1-10-8-11(9-14)2-3-12(10)13-4-6-15-7-5-13/h2-3,8-9H,4-7H2,1H3. The Balaban J connectivity index is 2.23. The van der Waals surface area contributed by atoms with Gasteiger partial charge in [-0.3, -0.25) is 4.79 Å². The molecule has 15 heavy (non-hydrogen) atoms. The number of hydrogen-bond donors (Lipinski definition) is 0. The molecule has 0 N–H and O–H groups in total. The zero-order valence-corrected chi connectivity index (χ0v) is 9.72. The van der Waals surface area contributed by atoms with Crippen LogP contribution >= 0.6 is 11.8 Å². The van der Waals surface area contributed by atoms with Crippen molar-refractivity contribution in [1.29, 1.82) is 0 Å². The van der Waals surface area contributed by atoms with Gasteiger partial charge in [-0.05, 0) is 30.7 Å². The highest BCUT2D eigenvalue weighted by Crippen LogP contribution is 2.23. The molecule has 0 aromatic heterocycles. The molecule has 1 fully saturated rings. The van der Waals surface area contributed by atoms with Crippen LogP contribution < -0.4 is 4.90 Å². The van der Waals surface area contributed by atoms with Crippen molar-refractivity contribution < 1.29 is 4.79 Å². The average Bonchev–Trinajstić information content (AvgIpc) is 2.30. The normalized spacial score (nSPS) is 16.5. The number of rotatable bonds is 2. The molecular formula is C12H15NOS. The first kappa shape index (κ1) is 10.6. The van der Waals surface area contributed by atoms with Gasteiger partial charge in [0.1, 0.15) is 6.29 Å². The van der Waals surface area contributed by atoms with E-state index < -0.39 is 0 Å². The van der Waals surface area contributed by atoms with Gasteiger partial charge in [0.05, 0.1) is 0 Å². The summed E-state index contributed by atoms with van der Waals surface area (Å²) in [6.07, 6.45) is 0.906. The first-order chi connectivity index (χ1) is 7.31. The first-order valence-electron chi connectivity index (χ1n) is 5.20. The zero-order chi connectivity index (χ0) is 10.7. The van der Waals surface area contributed by atoms with Crippen LogP contribution in [-0.2, 0) is 0 Å². The molecule has 0 amide bonds. The lowest BCUT2D eigenvalue weighted by molar-refractivity contribution is 0.112. The van der Waals surface area contributed by atoms with Crippen molar-refractivity contribution in [2.75, 3.05) is 29.5 Å². The molecule has 1 aliphatic rings. The molecule has 0 spiro atoms. The Morgan fingerprint density at radius 2 is 2.07 bits per heavy atom. The number of carbonyl (C=O) groups is 1. The van der Waals surface area contributed by atoms with Crippen LogP contribution in [0.3, 0.4) is 0 Å². The highest BCUT2D eigenvalue weighted by atomic mass is 32.2. The topological polar surface area (TPSA) is 20.3 Å². The van der Waals surface area contributed by atoms with Crippen molar-refractivity contribution in [1.82, 2.24) is 0 Å². The van der Waals surface area contributed by atoms with Gasteiger partial charge in [0, 0.05) is 35.8 Å². The van der Waals surface area contributed by atoms with E-state index in [0.29, 0.717) is 0 Å². The van der Waals surface area contributed by atoms with Gasteiger partial charge < -0.3 is 4.90 Å². The minimum atomic E-state index is 0.766. The SMILES string of the molecule is Cc1cc(C=O)ccc1N1CCSCC1.